The van der Waals surface area contributed by atoms with Crippen molar-refractivity contribution in [2.45, 2.75) is 12.5 Å². The van der Waals surface area contributed by atoms with E-state index in [2.05, 4.69) is 4.90 Å². The number of benzene rings is 1. The van der Waals surface area contributed by atoms with Crippen LogP contribution in [-0.2, 0) is 9.59 Å². The first-order valence-corrected chi connectivity index (χ1v) is 7.22. The molecule has 2 amide bonds. The molecule has 0 saturated carbocycles. The van der Waals surface area contributed by atoms with Gasteiger partial charge in [0.25, 0.3) is 5.91 Å². The van der Waals surface area contributed by atoms with Gasteiger partial charge in [-0.05, 0) is 19.2 Å². The highest BCUT2D eigenvalue weighted by Crippen LogP contribution is 2.27. The number of nitrogens with zero attached hydrogens (tertiary/aromatic N) is 3. The second-order valence-corrected chi connectivity index (χ2v) is 5.72. The van der Waals surface area contributed by atoms with E-state index in [1.807, 2.05) is 11.9 Å². The number of carbonyl (C=O) groups is 2. The third kappa shape index (κ3) is 2.62. The topological polar surface area (TPSA) is 43.9 Å². The zero-order valence-electron chi connectivity index (χ0n) is 12.3. The minimum atomic E-state index is -1.07. The molecule has 0 N–H and O–H groups in total. The summed E-state index contributed by atoms with van der Waals surface area (Å²) in [6, 6.07) is 2.56. The van der Waals surface area contributed by atoms with E-state index < -0.39 is 17.7 Å². The summed E-state index contributed by atoms with van der Waals surface area (Å²) in [5, 5.41) is 0. The summed E-state index contributed by atoms with van der Waals surface area (Å²) in [6.07, 6.45) is 0.0849. The fraction of sp³-hybridized carbons (Fsp3) is 0.467. The third-order valence-corrected chi connectivity index (χ3v) is 4.26. The van der Waals surface area contributed by atoms with Gasteiger partial charge in [-0.2, -0.15) is 0 Å². The molecule has 1 aromatic rings. The number of imide groups is 1. The maximum absolute atomic E-state index is 13.3. The lowest BCUT2D eigenvalue weighted by atomic mass is 10.2. The Bertz CT molecular complexity index is 615. The maximum Gasteiger partial charge on any atom is 0.251 e. The minimum absolute atomic E-state index is 0.0849. The Morgan fingerprint density at radius 2 is 1.73 bits per heavy atom. The van der Waals surface area contributed by atoms with Crippen LogP contribution in [0.15, 0.2) is 18.2 Å². The largest absolute Gasteiger partial charge is 0.304 e. The molecule has 0 aromatic heterocycles. The molecule has 2 aliphatic heterocycles. The molecule has 0 bridgehead atoms. The molecule has 5 nitrogen and oxygen atoms in total. The van der Waals surface area contributed by atoms with Gasteiger partial charge in [0.2, 0.25) is 5.91 Å². The molecule has 0 spiro atoms. The molecule has 118 valence electrons. The first-order valence-electron chi connectivity index (χ1n) is 7.22. The molecule has 2 fully saturated rings. The lowest BCUT2D eigenvalue weighted by Crippen LogP contribution is -2.51. The van der Waals surface area contributed by atoms with Gasteiger partial charge < -0.3 is 4.90 Å². The van der Waals surface area contributed by atoms with E-state index in [0.29, 0.717) is 13.1 Å². The van der Waals surface area contributed by atoms with Crippen LogP contribution in [0.2, 0.25) is 0 Å². The third-order valence-electron chi connectivity index (χ3n) is 4.26. The fourth-order valence-corrected chi connectivity index (χ4v) is 2.93. The first kappa shape index (κ1) is 15.1. The molecular formula is C15H17F2N3O2. The van der Waals surface area contributed by atoms with Crippen molar-refractivity contribution < 1.29 is 18.4 Å². The highest BCUT2D eigenvalue weighted by atomic mass is 19.2. The monoisotopic (exact) mass is 309 g/mol. The number of hydrogen-bond donors (Lipinski definition) is 0. The van der Waals surface area contributed by atoms with E-state index in [0.717, 1.165) is 30.1 Å². The number of amides is 2. The molecule has 2 heterocycles. The predicted octanol–water partition coefficient (Wildman–Crippen LogP) is 0.844. The Labute approximate surface area is 127 Å². The van der Waals surface area contributed by atoms with Gasteiger partial charge in [0.1, 0.15) is 0 Å². The lowest BCUT2D eigenvalue weighted by molar-refractivity contribution is -0.123. The zero-order chi connectivity index (χ0) is 15.9. The second-order valence-electron chi connectivity index (χ2n) is 5.72. The molecule has 0 unspecified atom stereocenters. The highest BCUT2D eigenvalue weighted by molar-refractivity contribution is 6.22. The number of carbonyl (C=O) groups excluding carboxylic acids is 2. The van der Waals surface area contributed by atoms with Crippen molar-refractivity contribution in [3.8, 4) is 0 Å². The number of rotatable bonds is 2. The van der Waals surface area contributed by atoms with Crippen LogP contribution in [0.4, 0.5) is 14.5 Å². The summed E-state index contributed by atoms with van der Waals surface area (Å²) in [4.78, 5) is 29.8. The number of anilines is 1. The average Bonchev–Trinajstić information content (AvgIpc) is 2.78. The van der Waals surface area contributed by atoms with Crippen molar-refractivity contribution in [2.75, 3.05) is 38.1 Å². The predicted molar refractivity (Wildman–Crippen MR) is 76.3 cm³/mol. The Morgan fingerprint density at radius 3 is 2.36 bits per heavy atom. The molecule has 1 atom stereocenters. The quantitative estimate of drug-likeness (QED) is 0.760. The SMILES string of the molecule is CN1CCN([C@@H]2CC(=O)N(c3ccc(F)c(F)c3)C2=O)CC1. The summed E-state index contributed by atoms with van der Waals surface area (Å²) in [7, 11) is 2.01. The zero-order valence-corrected chi connectivity index (χ0v) is 12.3. The van der Waals surface area contributed by atoms with Crippen molar-refractivity contribution >= 4 is 17.5 Å². The van der Waals surface area contributed by atoms with Gasteiger partial charge in [-0.25, -0.2) is 13.7 Å². The molecule has 7 heteroatoms. The van der Waals surface area contributed by atoms with Crippen LogP contribution in [0, 0.1) is 11.6 Å². The summed E-state index contributed by atoms with van der Waals surface area (Å²) < 4.78 is 26.3. The van der Waals surface area contributed by atoms with Gasteiger partial charge in [-0.15, -0.1) is 0 Å². The van der Waals surface area contributed by atoms with Crippen molar-refractivity contribution in [1.29, 1.82) is 0 Å². The van der Waals surface area contributed by atoms with Gasteiger partial charge in [-0.3, -0.25) is 14.5 Å². The smallest absolute Gasteiger partial charge is 0.251 e. The molecule has 0 radical (unpaired) electrons. The fourth-order valence-electron chi connectivity index (χ4n) is 2.93. The van der Waals surface area contributed by atoms with E-state index in [-0.39, 0.29) is 23.9 Å². The number of piperazine rings is 1. The van der Waals surface area contributed by atoms with Crippen LogP contribution in [-0.4, -0.2) is 60.9 Å². The van der Waals surface area contributed by atoms with Crippen LogP contribution >= 0.6 is 0 Å². The Hall–Kier alpha value is -1.86. The van der Waals surface area contributed by atoms with E-state index >= 15 is 0 Å². The second kappa shape index (κ2) is 5.73. The normalized spacial score (nSPS) is 24.3. The van der Waals surface area contributed by atoms with E-state index in [1.54, 1.807) is 0 Å². The van der Waals surface area contributed by atoms with Gasteiger partial charge in [0.05, 0.1) is 18.2 Å². The molecule has 22 heavy (non-hydrogen) atoms. The van der Waals surface area contributed by atoms with E-state index in [4.69, 9.17) is 0 Å². The summed E-state index contributed by atoms with van der Waals surface area (Å²) in [6.45, 7) is 3.10. The summed E-state index contributed by atoms with van der Waals surface area (Å²) in [5.41, 5.74) is 0.0885. The average molecular weight is 309 g/mol. The van der Waals surface area contributed by atoms with Crippen LogP contribution in [0.3, 0.4) is 0 Å². The Balaban J connectivity index is 1.80. The van der Waals surface area contributed by atoms with Gasteiger partial charge in [0, 0.05) is 32.2 Å². The summed E-state index contributed by atoms with van der Waals surface area (Å²) in [5.74, 6) is -2.81. The number of likely N-dealkylation sites (N-methyl/N-ethyl adjacent to an activating group) is 1. The van der Waals surface area contributed by atoms with Gasteiger partial charge >= 0.3 is 0 Å². The van der Waals surface area contributed by atoms with Gasteiger partial charge in [-0.1, -0.05) is 0 Å². The first-order chi connectivity index (χ1) is 10.5. The summed E-state index contributed by atoms with van der Waals surface area (Å²) >= 11 is 0. The Morgan fingerprint density at radius 1 is 1.05 bits per heavy atom. The van der Waals surface area contributed by atoms with Crippen LogP contribution in [0.5, 0.6) is 0 Å². The van der Waals surface area contributed by atoms with Crippen molar-refractivity contribution in [1.82, 2.24) is 9.80 Å². The van der Waals surface area contributed by atoms with E-state index in [1.165, 1.54) is 6.07 Å². The lowest BCUT2D eigenvalue weighted by Gasteiger charge is -2.35. The number of hydrogen-bond acceptors (Lipinski definition) is 4. The van der Waals surface area contributed by atoms with Gasteiger partial charge in [0.15, 0.2) is 11.6 Å². The molecule has 1 aromatic carbocycles. The van der Waals surface area contributed by atoms with Crippen molar-refractivity contribution in [3.05, 3.63) is 29.8 Å². The van der Waals surface area contributed by atoms with E-state index in [9.17, 15) is 18.4 Å². The Kier molecular flexibility index (Phi) is 3.92. The molecule has 0 aliphatic carbocycles. The van der Waals surface area contributed by atoms with Crippen LogP contribution in [0.25, 0.3) is 0 Å². The van der Waals surface area contributed by atoms with Crippen LogP contribution in [0.1, 0.15) is 6.42 Å². The molecule has 2 aliphatic rings. The van der Waals surface area contributed by atoms with Crippen LogP contribution < -0.4 is 4.90 Å². The highest BCUT2D eigenvalue weighted by Gasteiger charge is 2.43. The minimum Gasteiger partial charge on any atom is -0.304 e. The molecule has 2 saturated heterocycles. The van der Waals surface area contributed by atoms with Crippen molar-refractivity contribution in [2.24, 2.45) is 0 Å². The number of halogens is 2. The molecule has 3 rings (SSSR count). The standard InChI is InChI=1S/C15H17F2N3O2/c1-18-4-6-19(7-5-18)13-9-14(21)20(15(13)22)10-2-3-11(16)12(17)8-10/h2-3,8,13H,4-7,9H2,1H3/t13-/m1/s1. The maximum atomic E-state index is 13.3. The molecular weight excluding hydrogens is 292 g/mol. The van der Waals surface area contributed by atoms with Crippen molar-refractivity contribution in [3.63, 3.8) is 0 Å².